The molecule has 0 saturated heterocycles. The van der Waals surface area contributed by atoms with Crippen LogP contribution in [-0.4, -0.2) is 30.5 Å². The number of carbonyl (C=O) groups excluding carboxylic acids is 1. The van der Waals surface area contributed by atoms with Crippen molar-refractivity contribution in [1.29, 1.82) is 0 Å². The van der Waals surface area contributed by atoms with Gasteiger partial charge in [0.2, 0.25) is 0 Å². The molecular formula is C21H19ClN6O. The molecule has 1 N–H and O–H groups in total. The van der Waals surface area contributed by atoms with Gasteiger partial charge >= 0.3 is 0 Å². The fourth-order valence-electron chi connectivity index (χ4n) is 3.07. The topological polar surface area (TPSA) is 77.6 Å². The van der Waals surface area contributed by atoms with E-state index in [4.69, 9.17) is 11.6 Å². The normalized spacial score (nSPS) is 12.0. The van der Waals surface area contributed by atoms with Gasteiger partial charge in [-0.05, 0) is 36.8 Å². The Bertz CT molecular complexity index is 1130. The molecule has 0 aliphatic heterocycles. The van der Waals surface area contributed by atoms with Crippen LogP contribution in [0.2, 0.25) is 5.02 Å². The van der Waals surface area contributed by atoms with Crippen molar-refractivity contribution in [3.8, 4) is 5.69 Å². The molecule has 29 heavy (non-hydrogen) atoms. The average molecular weight is 407 g/mol. The van der Waals surface area contributed by atoms with Crippen molar-refractivity contribution in [2.75, 3.05) is 0 Å². The highest BCUT2D eigenvalue weighted by Gasteiger charge is 2.24. The number of para-hydroxylation sites is 1. The second-order valence-electron chi connectivity index (χ2n) is 6.61. The van der Waals surface area contributed by atoms with Crippen LogP contribution < -0.4 is 5.32 Å². The molecule has 1 atom stereocenters. The van der Waals surface area contributed by atoms with Crippen LogP contribution in [0.25, 0.3) is 5.69 Å². The average Bonchev–Trinajstić information content (AvgIpc) is 3.33. The Morgan fingerprint density at radius 2 is 1.79 bits per heavy atom. The molecule has 0 bridgehead atoms. The van der Waals surface area contributed by atoms with Crippen LogP contribution in [0.3, 0.4) is 0 Å². The van der Waals surface area contributed by atoms with E-state index in [-0.39, 0.29) is 11.6 Å². The lowest BCUT2D eigenvalue weighted by Crippen LogP contribution is -2.31. The molecule has 0 fully saturated rings. The zero-order valence-electron chi connectivity index (χ0n) is 16.0. The minimum Gasteiger partial charge on any atom is -0.337 e. The molecule has 146 valence electrons. The van der Waals surface area contributed by atoms with Gasteiger partial charge < -0.3 is 9.88 Å². The predicted octanol–water partition coefficient (Wildman–Crippen LogP) is 3.48. The summed E-state index contributed by atoms with van der Waals surface area (Å²) in [5.41, 5.74) is 2.46. The molecule has 0 spiro atoms. The van der Waals surface area contributed by atoms with Gasteiger partial charge in [-0.2, -0.15) is 9.90 Å². The van der Waals surface area contributed by atoms with Crippen LogP contribution in [0, 0.1) is 6.92 Å². The molecule has 0 unspecified atom stereocenters. The maximum absolute atomic E-state index is 13.1. The summed E-state index contributed by atoms with van der Waals surface area (Å²) in [7, 11) is 1.88. The number of hydrogen-bond acceptors (Lipinski definition) is 4. The highest BCUT2D eigenvalue weighted by Crippen LogP contribution is 2.23. The molecule has 8 heteroatoms. The number of hydrogen-bond donors (Lipinski definition) is 1. The molecule has 4 rings (SSSR count). The molecule has 1 amide bonds. The van der Waals surface area contributed by atoms with Crippen LogP contribution in [-0.2, 0) is 7.05 Å². The molecule has 2 aromatic carbocycles. The van der Waals surface area contributed by atoms with E-state index in [9.17, 15) is 4.79 Å². The molecule has 0 aliphatic carbocycles. The Hall–Kier alpha value is -3.45. The Kier molecular flexibility index (Phi) is 5.14. The van der Waals surface area contributed by atoms with Crippen molar-refractivity contribution in [1.82, 2.24) is 29.9 Å². The number of rotatable bonds is 5. The summed E-state index contributed by atoms with van der Waals surface area (Å²) in [6, 6.07) is 16.3. The third kappa shape index (κ3) is 3.90. The lowest BCUT2D eigenvalue weighted by molar-refractivity contribution is 0.0935. The number of aromatic nitrogens is 5. The summed E-state index contributed by atoms with van der Waals surface area (Å²) in [6.07, 6.45) is 3.53. The summed E-state index contributed by atoms with van der Waals surface area (Å²) < 4.78 is 1.87. The minimum atomic E-state index is -0.457. The van der Waals surface area contributed by atoms with Gasteiger partial charge in [0.25, 0.3) is 5.91 Å². The molecule has 2 heterocycles. The SMILES string of the molecule is Cc1nn(-c2ccccc2)nc1C(=O)N[C@H](c1ccc(Cl)cc1)c1nccn1C. The van der Waals surface area contributed by atoms with E-state index >= 15 is 0 Å². The summed E-state index contributed by atoms with van der Waals surface area (Å²) in [4.78, 5) is 18.9. The lowest BCUT2D eigenvalue weighted by atomic mass is 10.1. The number of aryl methyl sites for hydroxylation is 2. The molecular weight excluding hydrogens is 388 g/mol. The van der Waals surface area contributed by atoms with E-state index < -0.39 is 6.04 Å². The second kappa shape index (κ2) is 7.89. The predicted molar refractivity (Wildman–Crippen MR) is 110 cm³/mol. The number of amides is 1. The van der Waals surface area contributed by atoms with Gasteiger partial charge in [0.15, 0.2) is 5.69 Å². The van der Waals surface area contributed by atoms with Crippen molar-refractivity contribution < 1.29 is 4.79 Å². The third-order valence-corrected chi connectivity index (χ3v) is 4.83. The maximum Gasteiger partial charge on any atom is 0.274 e. The fourth-order valence-corrected chi connectivity index (χ4v) is 3.20. The van der Waals surface area contributed by atoms with Crippen molar-refractivity contribution in [2.45, 2.75) is 13.0 Å². The first-order chi connectivity index (χ1) is 14.0. The number of nitrogens with one attached hydrogen (secondary N) is 1. The van der Waals surface area contributed by atoms with Gasteiger partial charge in [-0.15, -0.1) is 5.10 Å². The Morgan fingerprint density at radius 3 is 2.45 bits per heavy atom. The molecule has 7 nitrogen and oxygen atoms in total. The fraction of sp³-hybridized carbons (Fsp3) is 0.143. The van der Waals surface area contributed by atoms with E-state index in [2.05, 4.69) is 20.5 Å². The van der Waals surface area contributed by atoms with Crippen molar-refractivity contribution in [3.63, 3.8) is 0 Å². The largest absolute Gasteiger partial charge is 0.337 e. The van der Waals surface area contributed by atoms with E-state index in [1.807, 2.05) is 60.3 Å². The Morgan fingerprint density at radius 1 is 1.07 bits per heavy atom. The summed E-state index contributed by atoms with van der Waals surface area (Å²) in [6.45, 7) is 1.76. The van der Waals surface area contributed by atoms with Crippen LogP contribution in [0.15, 0.2) is 67.0 Å². The molecule has 2 aromatic heterocycles. The molecule has 0 radical (unpaired) electrons. The highest BCUT2D eigenvalue weighted by atomic mass is 35.5. The monoisotopic (exact) mass is 406 g/mol. The van der Waals surface area contributed by atoms with E-state index in [1.165, 1.54) is 4.80 Å². The standard InChI is InChI=1S/C21H19ClN6O/c1-14-18(26-28(25-14)17-6-4-3-5-7-17)21(29)24-19(20-23-12-13-27(20)2)15-8-10-16(22)11-9-15/h3-13,19H,1-2H3,(H,24,29)/t19-/m1/s1. The van der Waals surface area contributed by atoms with Crippen LogP contribution in [0.5, 0.6) is 0 Å². The number of imidazole rings is 1. The molecule has 0 saturated carbocycles. The van der Waals surface area contributed by atoms with Gasteiger partial charge in [-0.1, -0.05) is 41.9 Å². The minimum absolute atomic E-state index is 0.266. The van der Waals surface area contributed by atoms with E-state index in [1.54, 1.807) is 25.3 Å². The van der Waals surface area contributed by atoms with Crippen LogP contribution in [0.4, 0.5) is 0 Å². The number of halogens is 1. The summed E-state index contributed by atoms with van der Waals surface area (Å²) in [5.74, 6) is 0.376. The first-order valence-electron chi connectivity index (χ1n) is 9.06. The van der Waals surface area contributed by atoms with Gasteiger partial charge in [0, 0.05) is 24.5 Å². The van der Waals surface area contributed by atoms with Crippen LogP contribution >= 0.6 is 11.6 Å². The number of nitrogens with zero attached hydrogens (tertiary/aromatic N) is 5. The van der Waals surface area contributed by atoms with E-state index in [0.29, 0.717) is 16.5 Å². The van der Waals surface area contributed by atoms with Gasteiger partial charge in [0.05, 0.1) is 11.4 Å². The Balaban J connectivity index is 1.66. The zero-order chi connectivity index (χ0) is 20.4. The number of carbonyl (C=O) groups is 1. The first kappa shape index (κ1) is 18.9. The summed E-state index contributed by atoms with van der Waals surface area (Å²) >= 11 is 6.03. The van der Waals surface area contributed by atoms with Crippen molar-refractivity contribution in [2.24, 2.45) is 7.05 Å². The second-order valence-corrected chi connectivity index (χ2v) is 7.05. The number of benzene rings is 2. The quantitative estimate of drug-likeness (QED) is 0.550. The third-order valence-electron chi connectivity index (χ3n) is 4.58. The van der Waals surface area contributed by atoms with Crippen molar-refractivity contribution >= 4 is 17.5 Å². The lowest BCUT2D eigenvalue weighted by Gasteiger charge is -2.18. The zero-order valence-corrected chi connectivity index (χ0v) is 16.7. The van der Waals surface area contributed by atoms with Crippen molar-refractivity contribution in [3.05, 3.63) is 94.8 Å². The van der Waals surface area contributed by atoms with Gasteiger partial charge in [-0.25, -0.2) is 4.98 Å². The summed E-state index contributed by atoms with van der Waals surface area (Å²) in [5, 5.41) is 12.4. The van der Waals surface area contributed by atoms with Gasteiger partial charge in [-0.3, -0.25) is 4.79 Å². The first-order valence-corrected chi connectivity index (χ1v) is 9.43. The maximum atomic E-state index is 13.1. The smallest absolute Gasteiger partial charge is 0.274 e. The highest BCUT2D eigenvalue weighted by molar-refractivity contribution is 6.30. The van der Waals surface area contributed by atoms with Crippen LogP contribution in [0.1, 0.15) is 33.6 Å². The molecule has 0 aliphatic rings. The van der Waals surface area contributed by atoms with Gasteiger partial charge in [0.1, 0.15) is 11.9 Å². The van der Waals surface area contributed by atoms with E-state index in [0.717, 1.165) is 11.3 Å². The molecule has 4 aromatic rings. The Labute approximate surface area is 173 Å².